The van der Waals surface area contributed by atoms with E-state index in [0.29, 0.717) is 37.3 Å². The summed E-state index contributed by atoms with van der Waals surface area (Å²) in [4.78, 5) is 38.1. The number of nitrogens with one attached hydrogen (secondary N) is 1. The van der Waals surface area contributed by atoms with Gasteiger partial charge in [-0.3, -0.25) is 24.2 Å². The molecule has 2 saturated heterocycles. The number of nitrogens with zero attached hydrogens (tertiary/aromatic N) is 5. The van der Waals surface area contributed by atoms with Crippen LogP contribution in [0.1, 0.15) is 40.5 Å². The Labute approximate surface area is 208 Å². The molecule has 1 amide bonds. The summed E-state index contributed by atoms with van der Waals surface area (Å²) in [5.74, 6) is 0.0309. The number of aromatic amines is 1. The summed E-state index contributed by atoms with van der Waals surface area (Å²) in [5.41, 5.74) is 3.95. The maximum atomic E-state index is 13.6. The van der Waals surface area contributed by atoms with Gasteiger partial charge < -0.3 is 14.6 Å². The molecule has 9 heteroatoms. The van der Waals surface area contributed by atoms with Crippen molar-refractivity contribution in [3.63, 3.8) is 0 Å². The second-order valence-electron chi connectivity index (χ2n) is 9.75. The lowest BCUT2D eigenvalue weighted by Crippen LogP contribution is -2.48. The third kappa shape index (κ3) is 4.18. The molecule has 36 heavy (non-hydrogen) atoms. The van der Waals surface area contributed by atoms with Crippen molar-refractivity contribution < 1.29 is 9.53 Å². The van der Waals surface area contributed by atoms with E-state index in [2.05, 4.69) is 20.0 Å². The zero-order valence-electron chi connectivity index (χ0n) is 20.4. The predicted octanol–water partition coefficient (Wildman–Crippen LogP) is 2.89. The van der Waals surface area contributed by atoms with E-state index in [1.165, 1.54) is 0 Å². The van der Waals surface area contributed by atoms with Gasteiger partial charge in [0.15, 0.2) is 0 Å². The average molecular weight is 487 g/mol. The number of H-pyrrole nitrogens is 1. The monoisotopic (exact) mass is 486 g/mol. The lowest BCUT2D eigenvalue weighted by atomic mass is 10.0. The standard InChI is InChI=1S/C27H30N6O3/c1-18-14-24-22(25-23(26(34)30-24)16-29-33(25)20-5-12-36-13-6-20)15-21(18)27(35)32-10-8-31(9-11-32)17-19-4-2-3-7-28-19/h2-4,7,14-16,20H,5-6,8-13,17H2,1H3,(H,30,34). The minimum absolute atomic E-state index is 0.0309. The van der Waals surface area contributed by atoms with Crippen LogP contribution in [0.2, 0.25) is 0 Å². The van der Waals surface area contributed by atoms with Crippen LogP contribution in [0, 0.1) is 6.92 Å². The van der Waals surface area contributed by atoms with Gasteiger partial charge in [0.05, 0.1) is 34.4 Å². The number of aromatic nitrogens is 4. The number of ether oxygens (including phenoxy) is 1. The van der Waals surface area contributed by atoms with E-state index in [9.17, 15) is 9.59 Å². The normalized spacial score (nSPS) is 17.8. The summed E-state index contributed by atoms with van der Waals surface area (Å²) < 4.78 is 7.50. The Morgan fingerprint density at radius 3 is 2.67 bits per heavy atom. The predicted molar refractivity (Wildman–Crippen MR) is 137 cm³/mol. The molecule has 2 aliphatic rings. The summed E-state index contributed by atoms with van der Waals surface area (Å²) in [6, 6.07) is 10.0. The van der Waals surface area contributed by atoms with Crippen LogP contribution in [-0.2, 0) is 11.3 Å². The molecule has 0 aliphatic carbocycles. The van der Waals surface area contributed by atoms with Gasteiger partial charge in [0, 0.05) is 63.1 Å². The van der Waals surface area contributed by atoms with Crippen molar-refractivity contribution in [3.8, 4) is 0 Å². The summed E-state index contributed by atoms with van der Waals surface area (Å²) in [6.45, 7) is 7.05. The van der Waals surface area contributed by atoms with Crippen molar-refractivity contribution in [1.29, 1.82) is 0 Å². The highest BCUT2D eigenvalue weighted by atomic mass is 16.5. The van der Waals surface area contributed by atoms with Crippen molar-refractivity contribution in [2.24, 2.45) is 0 Å². The van der Waals surface area contributed by atoms with E-state index in [1.54, 1.807) is 6.20 Å². The molecule has 0 bridgehead atoms. The first-order chi connectivity index (χ1) is 17.6. The lowest BCUT2D eigenvalue weighted by molar-refractivity contribution is 0.0626. The Balaban J connectivity index is 1.30. The van der Waals surface area contributed by atoms with Crippen LogP contribution < -0.4 is 5.56 Å². The maximum Gasteiger partial charge on any atom is 0.259 e. The zero-order chi connectivity index (χ0) is 24.6. The van der Waals surface area contributed by atoms with Gasteiger partial charge in [0.2, 0.25) is 0 Å². The zero-order valence-corrected chi connectivity index (χ0v) is 20.4. The van der Waals surface area contributed by atoms with Crippen molar-refractivity contribution >= 4 is 27.7 Å². The number of carbonyl (C=O) groups is 1. The van der Waals surface area contributed by atoms with E-state index in [-0.39, 0.29) is 17.5 Å². The van der Waals surface area contributed by atoms with E-state index in [4.69, 9.17) is 4.74 Å². The molecule has 5 heterocycles. The van der Waals surface area contributed by atoms with Gasteiger partial charge in [0.1, 0.15) is 0 Å². The minimum Gasteiger partial charge on any atom is -0.381 e. The van der Waals surface area contributed by atoms with Crippen molar-refractivity contribution in [2.45, 2.75) is 32.4 Å². The first kappa shape index (κ1) is 22.9. The Morgan fingerprint density at radius 1 is 1.11 bits per heavy atom. The minimum atomic E-state index is -0.154. The van der Waals surface area contributed by atoms with Gasteiger partial charge in [-0.25, -0.2) is 0 Å². The van der Waals surface area contributed by atoms with Crippen molar-refractivity contribution in [2.75, 3.05) is 39.4 Å². The molecular formula is C27H30N6O3. The molecule has 3 aromatic heterocycles. The number of carbonyl (C=O) groups excluding carboxylic acids is 1. The van der Waals surface area contributed by atoms with Gasteiger partial charge in [-0.05, 0) is 49.6 Å². The van der Waals surface area contributed by atoms with Crippen LogP contribution >= 0.6 is 0 Å². The molecule has 4 aromatic rings. The summed E-state index contributed by atoms with van der Waals surface area (Å²) in [7, 11) is 0. The Morgan fingerprint density at radius 2 is 1.92 bits per heavy atom. The number of piperazine rings is 1. The van der Waals surface area contributed by atoms with Crippen molar-refractivity contribution in [3.05, 3.63) is 69.9 Å². The Bertz CT molecular complexity index is 1460. The SMILES string of the molecule is Cc1cc2[nH]c(=O)c3cnn(C4CCOCC4)c3c2cc1C(=O)N1CCN(Cc2ccccn2)CC1. The van der Waals surface area contributed by atoms with E-state index in [1.807, 2.05) is 53.0 Å². The molecule has 0 spiro atoms. The summed E-state index contributed by atoms with van der Waals surface area (Å²) >= 11 is 0. The molecule has 0 atom stereocenters. The highest BCUT2D eigenvalue weighted by molar-refractivity contribution is 6.07. The third-order valence-electron chi connectivity index (χ3n) is 7.45. The molecule has 1 aromatic carbocycles. The summed E-state index contributed by atoms with van der Waals surface area (Å²) in [6.07, 6.45) is 5.16. The van der Waals surface area contributed by atoms with Crippen LogP contribution in [0.25, 0.3) is 21.8 Å². The molecule has 1 N–H and O–H groups in total. The second-order valence-corrected chi connectivity index (χ2v) is 9.75. The van der Waals surface area contributed by atoms with E-state index in [0.717, 1.165) is 60.2 Å². The largest absolute Gasteiger partial charge is 0.381 e. The summed E-state index contributed by atoms with van der Waals surface area (Å²) in [5, 5.41) is 6.01. The first-order valence-corrected chi connectivity index (χ1v) is 12.6. The van der Waals surface area contributed by atoms with Gasteiger partial charge in [0.25, 0.3) is 11.5 Å². The number of fused-ring (bicyclic) bond motifs is 3. The highest BCUT2D eigenvalue weighted by Crippen LogP contribution is 2.30. The van der Waals surface area contributed by atoms with Crippen LogP contribution in [0.5, 0.6) is 0 Å². The molecule has 2 fully saturated rings. The number of amides is 1. The molecule has 0 unspecified atom stereocenters. The highest BCUT2D eigenvalue weighted by Gasteiger charge is 2.26. The third-order valence-corrected chi connectivity index (χ3v) is 7.45. The molecular weight excluding hydrogens is 456 g/mol. The van der Waals surface area contributed by atoms with Gasteiger partial charge >= 0.3 is 0 Å². The second kappa shape index (κ2) is 9.48. The molecule has 6 rings (SSSR count). The first-order valence-electron chi connectivity index (χ1n) is 12.6. The average Bonchev–Trinajstić information content (AvgIpc) is 3.36. The Hall–Kier alpha value is -3.56. The molecule has 0 saturated carbocycles. The van der Waals surface area contributed by atoms with Gasteiger partial charge in [-0.15, -0.1) is 0 Å². The van der Waals surface area contributed by atoms with Crippen LogP contribution in [0.15, 0.2) is 47.5 Å². The number of hydrogen-bond donors (Lipinski definition) is 1. The van der Waals surface area contributed by atoms with E-state index >= 15 is 0 Å². The number of hydrogen-bond acceptors (Lipinski definition) is 6. The number of rotatable bonds is 4. The van der Waals surface area contributed by atoms with Crippen LogP contribution in [-0.4, -0.2) is 74.8 Å². The smallest absolute Gasteiger partial charge is 0.259 e. The number of benzene rings is 1. The fourth-order valence-corrected chi connectivity index (χ4v) is 5.43. The topological polar surface area (TPSA) is 96.3 Å². The molecule has 186 valence electrons. The number of pyridine rings is 2. The van der Waals surface area contributed by atoms with Crippen LogP contribution in [0.3, 0.4) is 0 Å². The Kier molecular flexibility index (Phi) is 6.02. The molecule has 9 nitrogen and oxygen atoms in total. The maximum absolute atomic E-state index is 13.6. The molecule has 0 radical (unpaired) electrons. The van der Waals surface area contributed by atoms with Crippen molar-refractivity contribution in [1.82, 2.24) is 29.5 Å². The van der Waals surface area contributed by atoms with Gasteiger partial charge in [-0.1, -0.05) is 6.07 Å². The number of aryl methyl sites for hydroxylation is 1. The quantitative estimate of drug-likeness (QED) is 0.477. The molecule has 2 aliphatic heterocycles. The fraction of sp³-hybridized carbons (Fsp3) is 0.407. The fourth-order valence-electron chi connectivity index (χ4n) is 5.43. The van der Waals surface area contributed by atoms with Gasteiger partial charge in [-0.2, -0.15) is 5.10 Å². The van der Waals surface area contributed by atoms with E-state index < -0.39 is 0 Å². The van der Waals surface area contributed by atoms with Crippen LogP contribution in [0.4, 0.5) is 0 Å². The lowest BCUT2D eigenvalue weighted by Gasteiger charge is -2.34.